The van der Waals surface area contributed by atoms with Gasteiger partial charge in [-0.2, -0.15) is 0 Å². The summed E-state index contributed by atoms with van der Waals surface area (Å²) in [4.78, 5) is 6.34. The third-order valence-corrected chi connectivity index (χ3v) is 2.19. The van der Waals surface area contributed by atoms with Crippen LogP contribution in [0.25, 0.3) is 0 Å². The maximum Gasteiger partial charge on any atom is 0.0573 e. The van der Waals surface area contributed by atoms with Crippen LogP contribution in [0.2, 0.25) is 0 Å². The number of hydrogen-bond donors (Lipinski definition) is 1. The van der Waals surface area contributed by atoms with Gasteiger partial charge in [-0.25, -0.2) is 0 Å². The predicted molar refractivity (Wildman–Crippen MR) is 57.3 cm³/mol. The van der Waals surface area contributed by atoms with Crippen LogP contribution in [0.3, 0.4) is 0 Å². The van der Waals surface area contributed by atoms with Crippen LogP contribution in [-0.2, 0) is 0 Å². The lowest BCUT2D eigenvalue weighted by molar-refractivity contribution is 0.753. The molecule has 0 aliphatic heterocycles. The number of rotatable bonds is 3. The van der Waals surface area contributed by atoms with E-state index in [1.54, 1.807) is 0 Å². The highest BCUT2D eigenvalue weighted by Gasteiger charge is 2.04. The molecule has 1 aromatic heterocycles. The third kappa shape index (κ3) is 2.34. The highest BCUT2D eigenvalue weighted by molar-refractivity contribution is 5.55. The Labute approximate surface area is 79.8 Å². The molecule has 0 aromatic carbocycles. The minimum atomic E-state index is 0.494. The topological polar surface area (TPSA) is 28.2 Å². The van der Waals surface area contributed by atoms with Crippen LogP contribution in [0, 0.1) is 0 Å². The van der Waals surface area contributed by atoms with E-state index in [1.165, 1.54) is 0 Å². The minimum absolute atomic E-state index is 0.494. The van der Waals surface area contributed by atoms with Crippen LogP contribution < -0.4 is 10.2 Å². The molecule has 0 radical (unpaired) electrons. The fraction of sp³-hybridized carbons (Fsp3) is 0.500. The first-order valence-corrected chi connectivity index (χ1v) is 4.50. The summed E-state index contributed by atoms with van der Waals surface area (Å²) in [6.45, 7) is 4.32. The lowest BCUT2D eigenvalue weighted by Gasteiger charge is -2.23. The van der Waals surface area contributed by atoms with Crippen LogP contribution in [0.1, 0.15) is 13.8 Å². The Morgan fingerprint density at radius 1 is 1.38 bits per heavy atom. The molecule has 0 aliphatic rings. The van der Waals surface area contributed by atoms with Gasteiger partial charge in [0.05, 0.1) is 23.8 Å². The maximum absolute atomic E-state index is 4.15. The summed E-state index contributed by atoms with van der Waals surface area (Å²) >= 11 is 0. The molecule has 0 fully saturated rings. The van der Waals surface area contributed by atoms with Crippen molar-refractivity contribution in [2.75, 3.05) is 24.3 Å². The van der Waals surface area contributed by atoms with Gasteiger partial charge in [0.1, 0.15) is 0 Å². The molecule has 0 amide bonds. The number of hydrogen-bond acceptors (Lipinski definition) is 3. The van der Waals surface area contributed by atoms with Crippen molar-refractivity contribution in [1.29, 1.82) is 0 Å². The number of nitrogens with one attached hydrogen (secondary N) is 1. The van der Waals surface area contributed by atoms with Crippen LogP contribution in [0.15, 0.2) is 18.5 Å². The maximum atomic E-state index is 4.15. The molecule has 1 N–H and O–H groups in total. The van der Waals surface area contributed by atoms with Crippen LogP contribution in [-0.4, -0.2) is 25.1 Å². The normalized spacial score (nSPS) is 10.2. The van der Waals surface area contributed by atoms with E-state index < -0.39 is 0 Å². The molecule has 0 spiro atoms. The zero-order valence-electron chi connectivity index (χ0n) is 8.70. The molecule has 1 rings (SSSR count). The van der Waals surface area contributed by atoms with Crippen molar-refractivity contribution in [2.24, 2.45) is 0 Å². The van der Waals surface area contributed by atoms with Crippen molar-refractivity contribution in [3.63, 3.8) is 0 Å². The molecule has 0 bridgehead atoms. The van der Waals surface area contributed by atoms with Crippen LogP contribution >= 0.6 is 0 Å². The molecule has 3 heteroatoms. The average Bonchev–Trinajstić information content (AvgIpc) is 2.16. The van der Waals surface area contributed by atoms with Gasteiger partial charge >= 0.3 is 0 Å². The summed E-state index contributed by atoms with van der Waals surface area (Å²) in [6, 6.07) is 2.58. The molecule has 0 aliphatic carbocycles. The van der Waals surface area contributed by atoms with E-state index in [0.717, 1.165) is 11.4 Å². The Kier molecular flexibility index (Phi) is 3.12. The highest BCUT2D eigenvalue weighted by atomic mass is 15.1. The molecular weight excluding hydrogens is 162 g/mol. The summed E-state index contributed by atoms with van der Waals surface area (Å²) in [5, 5.41) is 3.07. The summed E-state index contributed by atoms with van der Waals surface area (Å²) < 4.78 is 0. The number of anilines is 2. The summed E-state index contributed by atoms with van der Waals surface area (Å²) in [7, 11) is 3.97. The first-order valence-electron chi connectivity index (χ1n) is 4.50. The molecular formula is C10H17N3. The van der Waals surface area contributed by atoms with Crippen molar-refractivity contribution in [3.8, 4) is 0 Å². The van der Waals surface area contributed by atoms with Gasteiger partial charge in [0.15, 0.2) is 0 Å². The summed E-state index contributed by atoms with van der Waals surface area (Å²) in [6.07, 6.45) is 3.69. The van der Waals surface area contributed by atoms with Crippen molar-refractivity contribution >= 4 is 11.4 Å². The van der Waals surface area contributed by atoms with E-state index in [4.69, 9.17) is 0 Å². The van der Waals surface area contributed by atoms with E-state index in [1.807, 2.05) is 19.4 Å². The molecule has 1 aromatic rings. The smallest absolute Gasteiger partial charge is 0.0573 e. The highest BCUT2D eigenvalue weighted by Crippen LogP contribution is 2.17. The Hall–Kier alpha value is -1.25. The molecule has 3 nitrogen and oxygen atoms in total. The quantitative estimate of drug-likeness (QED) is 0.769. The molecule has 0 saturated heterocycles. The van der Waals surface area contributed by atoms with Gasteiger partial charge < -0.3 is 10.2 Å². The van der Waals surface area contributed by atoms with E-state index in [9.17, 15) is 0 Å². The molecule has 72 valence electrons. The van der Waals surface area contributed by atoms with Gasteiger partial charge in [0, 0.05) is 20.1 Å². The molecule has 0 unspecified atom stereocenters. The minimum Gasteiger partial charge on any atom is -0.387 e. The van der Waals surface area contributed by atoms with E-state index in [-0.39, 0.29) is 0 Å². The number of aromatic nitrogens is 1. The lowest BCUT2D eigenvalue weighted by Crippen LogP contribution is -2.25. The van der Waals surface area contributed by atoms with Gasteiger partial charge in [-0.3, -0.25) is 4.98 Å². The second-order valence-electron chi connectivity index (χ2n) is 3.39. The standard InChI is InChI=1S/C10H17N3/c1-8(2)13(4)10-5-9(11-3)6-12-7-10/h5-8,11H,1-4H3. The van der Waals surface area contributed by atoms with Crippen molar-refractivity contribution in [1.82, 2.24) is 4.98 Å². The Morgan fingerprint density at radius 2 is 2.08 bits per heavy atom. The SMILES string of the molecule is CNc1cncc(N(C)C(C)C)c1. The molecule has 1 heterocycles. The Bertz CT molecular complexity index is 271. The van der Waals surface area contributed by atoms with E-state index >= 15 is 0 Å². The zero-order valence-corrected chi connectivity index (χ0v) is 8.70. The largest absolute Gasteiger partial charge is 0.387 e. The predicted octanol–water partition coefficient (Wildman–Crippen LogP) is 1.97. The first kappa shape index (κ1) is 9.84. The van der Waals surface area contributed by atoms with Crippen molar-refractivity contribution in [3.05, 3.63) is 18.5 Å². The van der Waals surface area contributed by atoms with Gasteiger partial charge in [-0.15, -0.1) is 0 Å². The van der Waals surface area contributed by atoms with Crippen molar-refractivity contribution in [2.45, 2.75) is 19.9 Å². The second kappa shape index (κ2) is 4.12. The molecule has 0 atom stereocenters. The van der Waals surface area contributed by atoms with E-state index in [2.05, 4.69) is 42.2 Å². The Morgan fingerprint density at radius 3 is 2.62 bits per heavy atom. The summed E-state index contributed by atoms with van der Waals surface area (Å²) in [5.41, 5.74) is 2.19. The Balaban J connectivity index is 2.88. The summed E-state index contributed by atoms with van der Waals surface area (Å²) in [5.74, 6) is 0. The first-order chi connectivity index (χ1) is 6.15. The van der Waals surface area contributed by atoms with Crippen LogP contribution in [0.5, 0.6) is 0 Å². The van der Waals surface area contributed by atoms with Gasteiger partial charge in [0.2, 0.25) is 0 Å². The lowest BCUT2D eigenvalue weighted by atomic mass is 10.3. The second-order valence-corrected chi connectivity index (χ2v) is 3.39. The molecule has 0 saturated carbocycles. The monoisotopic (exact) mass is 179 g/mol. The van der Waals surface area contributed by atoms with Gasteiger partial charge in [0.25, 0.3) is 0 Å². The van der Waals surface area contributed by atoms with Gasteiger partial charge in [-0.1, -0.05) is 0 Å². The van der Waals surface area contributed by atoms with Gasteiger partial charge in [-0.05, 0) is 19.9 Å². The fourth-order valence-corrected chi connectivity index (χ4v) is 1.06. The fourth-order valence-electron chi connectivity index (χ4n) is 1.06. The molecule has 13 heavy (non-hydrogen) atoms. The zero-order chi connectivity index (χ0) is 9.84. The average molecular weight is 179 g/mol. The third-order valence-electron chi connectivity index (χ3n) is 2.19. The van der Waals surface area contributed by atoms with Crippen LogP contribution in [0.4, 0.5) is 11.4 Å². The number of nitrogens with zero attached hydrogens (tertiary/aromatic N) is 2. The van der Waals surface area contributed by atoms with E-state index in [0.29, 0.717) is 6.04 Å². The number of pyridine rings is 1. The van der Waals surface area contributed by atoms with Crippen molar-refractivity contribution < 1.29 is 0 Å².